The summed E-state index contributed by atoms with van der Waals surface area (Å²) in [4.78, 5) is 10.0. The van der Waals surface area contributed by atoms with Gasteiger partial charge in [0.2, 0.25) is 0 Å². The minimum absolute atomic E-state index is 0.116. The first-order valence-electron chi connectivity index (χ1n) is 25.4. The molecule has 2 aliphatic carbocycles. The van der Waals surface area contributed by atoms with Crippen LogP contribution in [0.4, 0.5) is 34.1 Å². The maximum atomic E-state index is 6.74. The van der Waals surface area contributed by atoms with E-state index >= 15 is 0 Å². The third-order valence-electron chi connectivity index (χ3n) is 15.9. The maximum Gasteiger partial charge on any atom is 0.159 e. The van der Waals surface area contributed by atoms with Crippen LogP contribution in [0.25, 0.3) is 77.3 Å². The molecule has 4 heteroatoms. The molecule has 0 saturated carbocycles. The maximum absolute atomic E-state index is 6.74. The van der Waals surface area contributed by atoms with E-state index in [0.717, 1.165) is 67.3 Å². The van der Waals surface area contributed by atoms with Crippen molar-refractivity contribution in [3.8, 4) is 44.6 Å². The van der Waals surface area contributed by atoms with E-state index in [1.165, 1.54) is 66.4 Å². The lowest BCUT2D eigenvalue weighted by molar-refractivity contribution is 0.660. The Kier molecular flexibility index (Phi) is 9.55. The summed E-state index contributed by atoms with van der Waals surface area (Å²) in [6.07, 6.45) is 2.05. The molecule has 0 saturated heterocycles. The van der Waals surface area contributed by atoms with Crippen molar-refractivity contribution in [2.45, 2.75) is 38.5 Å². The van der Waals surface area contributed by atoms with Gasteiger partial charge in [-0.1, -0.05) is 179 Å². The molecule has 73 heavy (non-hydrogen) atoms. The van der Waals surface area contributed by atoms with Gasteiger partial charge in [0, 0.05) is 49.9 Å². The fourth-order valence-electron chi connectivity index (χ4n) is 12.2. The fourth-order valence-corrected chi connectivity index (χ4v) is 12.2. The van der Waals surface area contributed by atoms with Crippen LogP contribution in [0.3, 0.4) is 0 Å². The smallest absolute Gasteiger partial charge is 0.159 e. The average Bonchev–Trinajstić information content (AvgIpc) is 4.03. The van der Waals surface area contributed by atoms with Gasteiger partial charge in [0.1, 0.15) is 5.58 Å². The van der Waals surface area contributed by atoms with E-state index in [2.05, 4.69) is 262 Å². The van der Waals surface area contributed by atoms with Gasteiger partial charge in [-0.25, -0.2) is 0 Å². The van der Waals surface area contributed by atoms with Crippen molar-refractivity contribution in [2.75, 3.05) is 9.80 Å². The van der Waals surface area contributed by atoms with Gasteiger partial charge in [-0.15, -0.1) is 0 Å². The monoisotopic (exact) mass is 937 g/mol. The molecular formula is C69H51N3O. The van der Waals surface area contributed by atoms with Crippen LogP contribution in [0, 0.1) is 0 Å². The molecule has 10 aromatic carbocycles. The second kappa shape index (κ2) is 16.3. The van der Waals surface area contributed by atoms with Crippen LogP contribution in [0.1, 0.15) is 49.9 Å². The Hall–Kier alpha value is -8.99. The molecule has 0 N–H and O–H groups in total. The Bertz CT molecular complexity index is 4130. The summed E-state index contributed by atoms with van der Waals surface area (Å²) >= 11 is 0. The Morgan fingerprint density at radius 3 is 1.68 bits per heavy atom. The number of para-hydroxylation sites is 3. The van der Waals surface area contributed by atoms with Crippen molar-refractivity contribution < 1.29 is 4.42 Å². The van der Waals surface area contributed by atoms with E-state index in [1.54, 1.807) is 0 Å². The molecule has 0 spiro atoms. The minimum atomic E-state index is -0.335. The first-order chi connectivity index (χ1) is 35.7. The van der Waals surface area contributed by atoms with Crippen LogP contribution < -0.4 is 9.80 Å². The van der Waals surface area contributed by atoms with Gasteiger partial charge in [-0.3, -0.25) is 4.98 Å². The number of furan rings is 1. The quantitative estimate of drug-likeness (QED) is 0.152. The van der Waals surface area contributed by atoms with Gasteiger partial charge >= 0.3 is 0 Å². The van der Waals surface area contributed by atoms with Gasteiger partial charge in [0.15, 0.2) is 5.58 Å². The lowest BCUT2D eigenvalue weighted by Crippen LogP contribution is -2.17. The molecule has 0 radical (unpaired) electrons. The highest BCUT2D eigenvalue weighted by atomic mass is 16.3. The summed E-state index contributed by atoms with van der Waals surface area (Å²) in [6, 6.07) is 83.6. The SMILES string of the molecule is CC1(C)c2ccccc2-c2ccc(N(c3ccccc3)c3ccc(-c4cc5c(c6ccccc46)-c4ccc(N(c6ccc(-c7ccccc7)cc6)c6cccc7c6oc6ccccc67)cc4C5(C)C)nc3)cc21. The zero-order chi connectivity index (χ0) is 49.0. The topological polar surface area (TPSA) is 32.5 Å². The molecule has 0 aliphatic heterocycles. The number of nitrogens with zero attached hydrogens (tertiary/aromatic N) is 3. The summed E-state index contributed by atoms with van der Waals surface area (Å²) < 4.78 is 6.74. The van der Waals surface area contributed by atoms with E-state index in [9.17, 15) is 0 Å². The third kappa shape index (κ3) is 6.64. The van der Waals surface area contributed by atoms with E-state index in [4.69, 9.17) is 9.40 Å². The van der Waals surface area contributed by atoms with Crippen molar-refractivity contribution in [1.82, 2.24) is 4.98 Å². The van der Waals surface area contributed by atoms with E-state index in [-0.39, 0.29) is 10.8 Å². The number of rotatable bonds is 8. The zero-order valence-corrected chi connectivity index (χ0v) is 41.3. The van der Waals surface area contributed by atoms with Gasteiger partial charge in [-0.2, -0.15) is 0 Å². The van der Waals surface area contributed by atoms with E-state index in [1.807, 2.05) is 12.3 Å². The molecule has 14 rings (SSSR count). The number of benzene rings is 10. The van der Waals surface area contributed by atoms with E-state index < -0.39 is 0 Å². The molecule has 0 bridgehead atoms. The fraction of sp³-hybridized carbons (Fsp3) is 0.0870. The predicted molar refractivity (Wildman–Crippen MR) is 304 cm³/mol. The Morgan fingerprint density at radius 1 is 0.356 bits per heavy atom. The molecule has 0 amide bonds. The lowest BCUT2D eigenvalue weighted by atomic mass is 9.80. The van der Waals surface area contributed by atoms with E-state index in [0.29, 0.717) is 0 Å². The molecule has 4 nitrogen and oxygen atoms in total. The molecule has 0 fully saturated rings. The largest absolute Gasteiger partial charge is 0.454 e. The Labute approximate surface area is 426 Å². The van der Waals surface area contributed by atoms with Crippen molar-refractivity contribution in [1.29, 1.82) is 0 Å². The summed E-state index contributed by atoms with van der Waals surface area (Å²) in [5, 5.41) is 4.62. The third-order valence-corrected chi connectivity index (χ3v) is 15.9. The highest BCUT2D eigenvalue weighted by molar-refractivity contribution is 6.11. The predicted octanol–water partition coefficient (Wildman–Crippen LogP) is 19.0. The second-order valence-corrected chi connectivity index (χ2v) is 20.7. The van der Waals surface area contributed by atoms with Crippen LogP contribution in [-0.2, 0) is 10.8 Å². The van der Waals surface area contributed by atoms with Crippen molar-refractivity contribution in [3.63, 3.8) is 0 Å². The molecular weight excluding hydrogens is 887 g/mol. The lowest BCUT2D eigenvalue weighted by Gasteiger charge is -2.28. The first-order valence-corrected chi connectivity index (χ1v) is 25.4. The molecule has 0 unspecified atom stereocenters. The normalized spacial score (nSPS) is 13.7. The van der Waals surface area contributed by atoms with Gasteiger partial charge in [-0.05, 0) is 145 Å². The summed E-state index contributed by atoms with van der Waals surface area (Å²) in [7, 11) is 0. The number of anilines is 6. The van der Waals surface area contributed by atoms with Crippen LogP contribution in [0.5, 0.6) is 0 Å². The van der Waals surface area contributed by atoms with Crippen LogP contribution in [0.15, 0.2) is 241 Å². The Morgan fingerprint density at radius 2 is 0.918 bits per heavy atom. The average molecular weight is 938 g/mol. The van der Waals surface area contributed by atoms with Gasteiger partial charge in [0.05, 0.1) is 23.3 Å². The highest BCUT2D eigenvalue weighted by Gasteiger charge is 2.39. The minimum Gasteiger partial charge on any atom is -0.454 e. The van der Waals surface area contributed by atoms with Crippen molar-refractivity contribution in [3.05, 3.63) is 259 Å². The number of pyridine rings is 1. The van der Waals surface area contributed by atoms with Crippen molar-refractivity contribution in [2.24, 2.45) is 0 Å². The number of fused-ring (bicyclic) bond motifs is 11. The molecule has 12 aromatic rings. The molecule has 2 heterocycles. The molecule has 2 aromatic heterocycles. The van der Waals surface area contributed by atoms with Crippen LogP contribution in [-0.4, -0.2) is 4.98 Å². The highest BCUT2D eigenvalue weighted by Crippen LogP contribution is 2.56. The molecule has 0 atom stereocenters. The van der Waals surface area contributed by atoms with Crippen LogP contribution in [0.2, 0.25) is 0 Å². The van der Waals surface area contributed by atoms with Gasteiger partial charge in [0.25, 0.3) is 0 Å². The molecule has 348 valence electrons. The number of hydrogen-bond donors (Lipinski definition) is 0. The summed E-state index contributed by atoms with van der Waals surface area (Å²) in [5.41, 5.74) is 22.5. The number of hydrogen-bond acceptors (Lipinski definition) is 4. The Balaban J connectivity index is 0.872. The zero-order valence-electron chi connectivity index (χ0n) is 41.3. The van der Waals surface area contributed by atoms with Gasteiger partial charge < -0.3 is 14.2 Å². The summed E-state index contributed by atoms with van der Waals surface area (Å²) in [5.74, 6) is 0. The second-order valence-electron chi connectivity index (χ2n) is 20.7. The molecule has 2 aliphatic rings. The number of aromatic nitrogens is 1. The standard InChI is InChI=1S/C69H51N3O/c1-68(2)59-27-15-13-23-52(59)53-37-34-48(40-60(53)68)71(46-20-9-6-10-21-46)50-36-39-63(70-43-50)58-42-62-66(55-25-12-11-22-51(55)58)57-38-35-49(41-61(57)69(62,3)4)72(47-32-30-45(31-33-47)44-18-7-5-8-19-44)64-28-17-26-56-54-24-14-16-29-65(54)73-67(56)64/h5-43H,1-4H3. The summed E-state index contributed by atoms with van der Waals surface area (Å²) in [6.45, 7) is 9.44. The van der Waals surface area contributed by atoms with Crippen molar-refractivity contribution >= 4 is 66.8 Å². The van der Waals surface area contributed by atoms with Crippen LogP contribution >= 0.6 is 0 Å². The first kappa shape index (κ1) is 42.9.